The number of anilines is 1. The average molecular weight is 289 g/mol. The number of pyridine rings is 1. The molecule has 1 aliphatic heterocycles. The number of carbonyl (C=O) groups is 1. The smallest absolute Gasteiger partial charge is 0.266 e. The SMILES string of the molecule is Cc1ccc2c(N)c(C(=O)N3CC(C)CC3C)sc2n1. The fourth-order valence-electron chi connectivity index (χ4n) is 2.96. The largest absolute Gasteiger partial charge is 0.397 e. The molecule has 1 aliphatic rings. The molecule has 2 aromatic heterocycles. The Balaban J connectivity index is 2.02. The molecule has 0 aromatic carbocycles. The minimum atomic E-state index is 0.0556. The van der Waals surface area contributed by atoms with Crippen LogP contribution in [0.2, 0.25) is 0 Å². The number of rotatable bonds is 1. The molecule has 3 rings (SSSR count). The van der Waals surface area contributed by atoms with Crippen LogP contribution in [0.4, 0.5) is 5.69 Å². The van der Waals surface area contributed by atoms with Crippen LogP contribution in [0.25, 0.3) is 10.2 Å². The van der Waals surface area contributed by atoms with Crippen molar-refractivity contribution in [1.29, 1.82) is 0 Å². The minimum Gasteiger partial charge on any atom is -0.397 e. The second kappa shape index (κ2) is 4.74. The molecule has 3 heterocycles. The van der Waals surface area contributed by atoms with Crippen LogP contribution in [-0.4, -0.2) is 28.4 Å². The van der Waals surface area contributed by atoms with E-state index in [2.05, 4.69) is 18.8 Å². The van der Waals surface area contributed by atoms with Crippen molar-refractivity contribution in [2.75, 3.05) is 12.3 Å². The molecule has 1 amide bonds. The van der Waals surface area contributed by atoms with E-state index in [0.29, 0.717) is 16.5 Å². The van der Waals surface area contributed by atoms with E-state index in [1.54, 1.807) is 0 Å². The first kappa shape index (κ1) is 13.4. The zero-order valence-corrected chi connectivity index (χ0v) is 12.8. The Morgan fingerprint density at radius 3 is 2.85 bits per heavy atom. The predicted molar refractivity (Wildman–Crippen MR) is 83.0 cm³/mol. The molecule has 5 heteroatoms. The van der Waals surface area contributed by atoms with E-state index >= 15 is 0 Å². The van der Waals surface area contributed by atoms with Gasteiger partial charge in [0.2, 0.25) is 0 Å². The maximum absolute atomic E-state index is 12.7. The van der Waals surface area contributed by atoms with Crippen molar-refractivity contribution < 1.29 is 4.79 Å². The number of nitrogen functional groups attached to an aromatic ring is 1. The summed E-state index contributed by atoms with van der Waals surface area (Å²) in [5.74, 6) is 0.616. The molecule has 4 nitrogen and oxygen atoms in total. The van der Waals surface area contributed by atoms with E-state index in [0.717, 1.165) is 28.9 Å². The third-order valence-electron chi connectivity index (χ3n) is 3.97. The van der Waals surface area contributed by atoms with Gasteiger partial charge in [-0.25, -0.2) is 4.98 Å². The Kier molecular flexibility index (Phi) is 3.17. The van der Waals surface area contributed by atoms with Gasteiger partial charge in [0.1, 0.15) is 9.71 Å². The zero-order chi connectivity index (χ0) is 14.4. The van der Waals surface area contributed by atoms with Gasteiger partial charge in [0.25, 0.3) is 5.91 Å². The molecule has 0 spiro atoms. The summed E-state index contributed by atoms with van der Waals surface area (Å²) < 4.78 is 0. The lowest BCUT2D eigenvalue weighted by atomic mass is 10.1. The highest BCUT2D eigenvalue weighted by Crippen LogP contribution is 2.35. The number of thiophene rings is 1. The van der Waals surface area contributed by atoms with Gasteiger partial charge in [0, 0.05) is 23.7 Å². The summed E-state index contributed by atoms with van der Waals surface area (Å²) in [6.45, 7) is 7.05. The summed E-state index contributed by atoms with van der Waals surface area (Å²) in [7, 11) is 0. The van der Waals surface area contributed by atoms with Gasteiger partial charge in [-0.15, -0.1) is 11.3 Å². The van der Waals surface area contributed by atoms with E-state index in [1.807, 2.05) is 24.0 Å². The highest BCUT2D eigenvalue weighted by atomic mass is 32.1. The van der Waals surface area contributed by atoms with Gasteiger partial charge < -0.3 is 10.6 Å². The van der Waals surface area contributed by atoms with Crippen LogP contribution in [0.3, 0.4) is 0 Å². The lowest BCUT2D eigenvalue weighted by Gasteiger charge is -2.20. The van der Waals surface area contributed by atoms with Crippen LogP contribution in [0.15, 0.2) is 12.1 Å². The van der Waals surface area contributed by atoms with E-state index in [4.69, 9.17) is 5.73 Å². The van der Waals surface area contributed by atoms with Gasteiger partial charge >= 0.3 is 0 Å². The molecule has 0 bridgehead atoms. The van der Waals surface area contributed by atoms with Crippen LogP contribution in [0, 0.1) is 12.8 Å². The number of fused-ring (bicyclic) bond motifs is 1. The number of hydrogen-bond acceptors (Lipinski definition) is 4. The number of likely N-dealkylation sites (tertiary alicyclic amines) is 1. The average Bonchev–Trinajstić information content (AvgIpc) is 2.89. The topological polar surface area (TPSA) is 59.2 Å². The predicted octanol–water partition coefficient (Wildman–Crippen LogP) is 3.06. The Bertz CT molecular complexity index is 679. The molecule has 2 aromatic rings. The van der Waals surface area contributed by atoms with Crippen LogP contribution < -0.4 is 5.73 Å². The quantitative estimate of drug-likeness (QED) is 0.877. The number of hydrogen-bond donors (Lipinski definition) is 1. The molecule has 20 heavy (non-hydrogen) atoms. The number of aryl methyl sites for hydroxylation is 1. The first-order valence-corrected chi connectivity index (χ1v) is 7.75. The van der Waals surface area contributed by atoms with Crippen LogP contribution in [0.1, 0.15) is 35.6 Å². The number of aromatic nitrogens is 1. The molecule has 2 N–H and O–H groups in total. The van der Waals surface area contributed by atoms with Gasteiger partial charge in [0.15, 0.2) is 0 Å². The summed E-state index contributed by atoms with van der Waals surface area (Å²) in [6.07, 6.45) is 1.06. The Labute approximate surface area is 122 Å². The third-order valence-corrected chi connectivity index (χ3v) is 5.08. The lowest BCUT2D eigenvalue weighted by molar-refractivity contribution is 0.0749. The molecule has 0 radical (unpaired) electrons. The maximum atomic E-state index is 12.7. The normalized spacial score (nSPS) is 22.6. The maximum Gasteiger partial charge on any atom is 0.266 e. The standard InChI is InChI=1S/C15H19N3OS/c1-8-6-10(3)18(7-8)15(19)13-12(16)11-5-4-9(2)17-14(11)20-13/h4-5,8,10H,6-7,16H2,1-3H3. The molecular weight excluding hydrogens is 270 g/mol. The summed E-state index contributed by atoms with van der Waals surface area (Å²) in [5, 5.41) is 0.892. The number of amides is 1. The van der Waals surface area contributed by atoms with Crippen molar-refractivity contribution in [2.24, 2.45) is 5.92 Å². The third kappa shape index (κ3) is 2.06. The van der Waals surface area contributed by atoms with E-state index < -0.39 is 0 Å². The molecule has 1 saturated heterocycles. The van der Waals surface area contributed by atoms with E-state index in [9.17, 15) is 4.79 Å². The van der Waals surface area contributed by atoms with Crippen molar-refractivity contribution in [3.05, 3.63) is 22.7 Å². The van der Waals surface area contributed by atoms with E-state index in [-0.39, 0.29) is 11.9 Å². The fraction of sp³-hybridized carbons (Fsp3) is 0.467. The Morgan fingerprint density at radius 2 is 2.20 bits per heavy atom. The highest BCUT2D eigenvalue weighted by molar-refractivity contribution is 7.21. The summed E-state index contributed by atoms with van der Waals surface area (Å²) >= 11 is 1.41. The molecule has 2 atom stereocenters. The van der Waals surface area contributed by atoms with Gasteiger partial charge in [-0.05, 0) is 38.3 Å². The molecule has 0 saturated carbocycles. The van der Waals surface area contributed by atoms with Crippen LogP contribution >= 0.6 is 11.3 Å². The highest BCUT2D eigenvalue weighted by Gasteiger charge is 2.32. The molecule has 0 aliphatic carbocycles. The minimum absolute atomic E-state index is 0.0556. The number of nitrogens with zero attached hydrogens (tertiary/aromatic N) is 2. The van der Waals surface area contributed by atoms with Crippen molar-refractivity contribution in [1.82, 2.24) is 9.88 Å². The van der Waals surface area contributed by atoms with Gasteiger partial charge in [-0.1, -0.05) is 6.92 Å². The molecule has 106 valence electrons. The first-order chi connectivity index (χ1) is 9.47. The van der Waals surface area contributed by atoms with Crippen LogP contribution in [-0.2, 0) is 0 Å². The van der Waals surface area contributed by atoms with Crippen molar-refractivity contribution in [2.45, 2.75) is 33.2 Å². The summed E-state index contributed by atoms with van der Waals surface area (Å²) in [4.78, 5) is 20.6. The van der Waals surface area contributed by atoms with Crippen LogP contribution in [0.5, 0.6) is 0 Å². The van der Waals surface area contributed by atoms with Gasteiger partial charge in [-0.3, -0.25) is 4.79 Å². The Hall–Kier alpha value is -1.62. The second-order valence-electron chi connectivity index (χ2n) is 5.80. The van der Waals surface area contributed by atoms with Gasteiger partial charge in [0.05, 0.1) is 5.69 Å². The molecule has 1 fully saturated rings. The monoisotopic (exact) mass is 289 g/mol. The van der Waals surface area contributed by atoms with Crippen molar-refractivity contribution >= 4 is 33.1 Å². The molecule has 2 unspecified atom stereocenters. The van der Waals surface area contributed by atoms with Crippen molar-refractivity contribution in [3.63, 3.8) is 0 Å². The van der Waals surface area contributed by atoms with Crippen molar-refractivity contribution in [3.8, 4) is 0 Å². The Morgan fingerprint density at radius 1 is 1.45 bits per heavy atom. The number of carbonyl (C=O) groups excluding carboxylic acids is 1. The van der Waals surface area contributed by atoms with Gasteiger partial charge in [-0.2, -0.15) is 0 Å². The van der Waals surface area contributed by atoms with E-state index in [1.165, 1.54) is 11.3 Å². The second-order valence-corrected chi connectivity index (χ2v) is 6.80. The summed E-state index contributed by atoms with van der Waals surface area (Å²) in [6, 6.07) is 4.17. The fourth-order valence-corrected chi connectivity index (χ4v) is 4.06. The zero-order valence-electron chi connectivity index (χ0n) is 12.0. The summed E-state index contributed by atoms with van der Waals surface area (Å²) in [5.41, 5.74) is 7.68. The lowest BCUT2D eigenvalue weighted by Crippen LogP contribution is -2.33. The molecular formula is C15H19N3OS. The first-order valence-electron chi connectivity index (χ1n) is 6.94. The number of nitrogens with two attached hydrogens (primary N) is 1.